The minimum absolute atomic E-state index is 0.197. The van der Waals surface area contributed by atoms with Gasteiger partial charge in [-0.3, -0.25) is 0 Å². The Morgan fingerprint density at radius 1 is 1.42 bits per heavy atom. The number of rotatable bonds is 5. The highest BCUT2D eigenvalue weighted by atomic mass is 79.9. The summed E-state index contributed by atoms with van der Waals surface area (Å²) in [5, 5.41) is 10.1. The average molecular weight is 333 g/mol. The van der Waals surface area contributed by atoms with E-state index in [1.54, 1.807) is 19.9 Å². The van der Waals surface area contributed by atoms with Gasteiger partial charge in [0.2, 0.25) is 0 Å². The largest absolute Gasteiger partial charge is 0.493 e. The lowest BCUT2D eigenvalue weighted by Crippen LogP contribution is -2.17. The zero-order valence-electron chi connectivity index (χ0n) is 11.3. The number of esters is 1. The molecule has 0 radical (unpaired) electrons. The van der Waals surface area contributed by atoms with E-state index in [-0.39, 0.29) is 6.61 Å². The van der Waals surface area contributed by atoms with Gasteiger partial charge in [-0.2, -0.15) is 0 Å². The zero-order chi connectivity index (χ0) is 14.6. The Labute approximate surface area is 120 Å². The maximum Gasteiger partial charge on any atom is 0.339 e. The number of carbonyl (C=O) groups excluding carboxylic acids is 1. The van der Waals surface area contributed by atoms with Crippen molar-refractivity contribution < 1.29 is 24.1 Å². The van der Waals surface area contributed by atoms with Crippen molar-refractivity contribution in [1.29, 1.82) is 0 Å². The van der Waals surface area contributed by atoms with Gasteiger partial charge in [0, 0.05) is 10.0 Å². The molecule has 0 aromatic heterocycles. The highest BCUT2D eigenvalue weighted by Gasteiger charge is 2.28. The van der Waals surface area contributed by atoms with Crippen LogP contribution >= 0.6 is 15.9 Å². The van der Waals surface area contributed by atoms with Crippen LogP contribution in [0.2, 0.25) is 0 Å². The van der Waals surface area contributed by atoms with Crippen LogP contribution in [0.15, 0.2) is 10.5 Å². The Bertz CT molecular complexity index is 473. The first-order valence-corrected chi connectivity index (χ1v) is 6.52. The number of aliphatic hydroxyl groups excluding tert-OH is 1. The molecular formula is C13H17BrO5. The summed E-state index contributed by atoms with van der Waals surface area (Å²) in [4.78, 5) is 11.7. The smallest absolute Gasteiger partial charge is 0.339 e. The van der Waals surface area contributed by atoms with Crippen molar-refractivity contribution in [3.05, 3.63) is 21.7 Å². The van der Waals surface area contributed by atoms with E-state index in [1.165, 1.54) is 14.2 Å². The van der Waals surface area contributed by atoms with Crippen LogP contribution in [-0.4, -0.2) is 31.9 Å². The van der Waals surface area contributed by atoms with Gasteiger partial charge in [0.1, 0.15) is 0 Å². The molecule has 1 unspecified atom stereocenters. The lowest BCUT2D eigenvalue weighted by atomic mass is 10.0. The predicted molar refractivity (Wildman–Crippen MR) is 73.6 cm³/mol. The van der Waals surface area contributed by atoms with Crippen molar-refractivity contribution >= 4 is 21.9 Å². The van der Waals surface area contributed by atoms with Crippen LogP contribution < -0.4 is 9.47 Å². The van der Waals surface area contributed by atoms with Gasteiger partial charge in [0.15, 0.2) is 17.6 Å². The first kappa shape index (κ1) is 15.8. The summed E-state index contributed by atoms with van der Waals surface area (Å²) < 4.78 is 16.0. The Morgan fingerprint density at radius 2 is 2.05 bits per heavy atom. The Hall–Kier alpha value is -1.27. The molecule has 0 fully saturated rings. The second-order valence-corrected chi connectivity index (χ2v) is 4.64. The number of hydrogen-bond acceptors (Lipinski definition) is 5. The van der Waals surface area contributed by atoms with Crippen molar-refractivity contribution in [2.45, 2.75) is 20.0 Å². The molecule has 0 bridgehead atoms. The lowest BCUT2D eigenvalue weighted by Gasteiger charge is -2.19. The molecule has 1 atom stereocenters. The molecule has 106 valence electrons. The van der Waals surface area contributed by atoms with E-state index in [9.17, 15) is 9.90 Å². The van der Waals surface area contributed by atoms with Crippen LogP contribution in [0, 0.1) is 6.92 Å². The molecule has 1 N–H and O–H groups in total. The summed E-state index contributed by atoms with van der Waals surface area (Å²) in [6.45, 7) is 3.64. The highest BCUT2D eigenvalue weighted by molar-refractivity contribution is 9.10. The molecule has 0 spiro atoms. The average Bonchev–Trinajstić information content (AvgIpc) is 2.40. The number of methoxy groups -OCH3 is 2. The Kier molecular flexibility index (Phi) is 5.62. The van der Waals surface area contributed by atoms with Crippen LogP contribution in [0.25, 0.3) is 0 Å². The first-order chi connectivity index (χ1) is 8.97. The summed E-state index contributed by atoms with van der Waals surface area (Å²) >= 11 is 3.36. The van der Waals surface area contributed by atoms with Gasteiger partial charge in [0.25, 0.3) is 0 Å². The van der Waals surface area contributed by atoms with E-state index in [4.69, 9.17) is 14.2 Å². The second-order valence-electron chi connectivity index (χ2n) is 3.79. The van der Waals surface area contributed by atoms with Crippen molar-refractivity contribution in [2.75, 3.05) is 20.8 Å². The third-order valence-corrected chi connectivity index (χ3v) is 3.52. The number of ether oxygens (including phenoxy) is 3. The van der Waals surface area contributed by atoms with Crippen molar-refractivity contribution in [2.24, 2.45) is 0 Å². The SMILES string of the molecule is CCOC(=O)C(O)c1c(C)c(Br)cc(OC)c1OC. The van der Waals surface area contributed by atoms with Gasteiger partial charge in [-0.1, -0.05) is 15.9 Å². The van der Waals surface area contributed by atoms with E-state index in [2.05, 4.69) is 15.9 Å². The molecule has 0 amide bonds. The minimum atomic E-state index is -1.42. The van der Waals surface area contributed by atoms with Crippen LogP contribution in [-0.2, 0) is 9.53 Å². The number of benzene rings is 1. The summed E-state index contributed by atoms with van der Waals surface area (Å²) in [5.74, 6) is 0.0335. The summed E-state index contributed by atoms with van der Waals surface area (Å²) in [5.41, 5.74) is 1.03. The maximum atomic E-state index is 11.7. The fraction of sp³-hybridized carbons (Fsp3) is 0.462. The van der Waals surface area contributed by atoms with Gasteiger partial charge in [-0.05, 0) is 25.5 Å². The molecular weight excluding hydrogens is 316 g/mol. The van der Waals surface area contributed by atoms with Gasteiger partial charge in [-0.25, -0.2) is 4.79 Å². The van der Waals surface area contributed by atoms with Gasteiger partial charge < -0.3 is 19.3 Å². The number of hydrogen-bond donors (Lipinski definition) is 1. The van der Waals surface area contributed by atoms with Crippen molar-refractivity contribution in [1.82, 2.24) is 0 Å². The van der Waals surface area contributed by atoms with Crippen LogP contribution in [0.3, 0.4) is 0 Å². The number of carbonyl (C=O) groups is 1. The molecule has 19 heavy (non-hydrogen) atoms. The van der Waals surface area contributed by atoms with Gasteiger partial charge in [-0.15, -0.1) is 0 Å². The molecule has 0 saturated carbocycles. The fourth-order valence-electron chi connectivity index (χ4n) is 1.75. The monoisotopic (exact) mass is 332 g/mol. The standard InChI is InChI=1S/C13H17BrO5/c1-5-19-13(16)11(15)10-7(2)8(14)6-9(17-3)12(10)18-4/h6,11,15H,5H2,1-4H3. The molecule has 0 heterocycles. The normalized spacial score (nSPS) is 11.9. The zero-order valence-corrected chi connectivity index (χ0v) is 12.9. The summed E-state index contributed by atoms with van der Waals surface area (Å²) in [6, 6.07) is 1.72. The summed E-state index contributed by atoms with van der Waals surface area (Å²) in [7, 11) is 2.94. The van der Waals surface area contributed by atoms with E-state index in [1.807, 2.05) is 0 Å². The van der Waals surface area contributed by atoms with E-state index < -0.39 is 12.1 Å². The predicted octanol–water partition coefficient (Wildman–Crippen LogP) is 2.37. The molecule has 5 nitrogen and oxygen atoms in total. The minimum Gasteiger partial charge on any atom is -0.493 e. The summed E-state index contributed by atoms with van der Waals surface area (Å²) in [6.07, 6.45) is -1.42. The van der Waals surface area contributed by atoms with Crippen molar-refractivity contribution in [3.63, 3.8) is 0 Å². The van der Waals surface area contributed by atoms with Gasteiger partial charge >= 0.3 is 5.97 Å². The highest BCUT2D eigenvalue weighted by Crippen LogP contribution is 2.41. The third-order valence-electron chi connectivity index (χ3n) is 2.70. The topological polar surface area (TPSA) is 65.0 Å². The van der Waals surface area contributed by atoms with Crippen LogP contribution in [0.5, 0.6) is 11.5 Å². The van der Waals surface area contributed by atoms with Gasteiger partial charge in [0.05, 0.1) is 20.8 Å². The molecule has 0 aliphatic rings. The van der Waals surface area contributed by atoms with Crippen LogP contribution in [0.4, 0.5) is 0 Å². The lowest BCUT2D eigenvalue weighted by molar-refractivity contribution is -0.153. The second kappa shape index (κ2) is 6.77. The molecule has 1 rings (SSSR count). The third kappa shape index (κ3) is 3.19. The molecule has 1 aromatic carbocycles. The van der Waals surface area contributed by atoms with Crippen molar-refractivity contribution in [3.8, 4) is 11.5 Å². The molecule has 1 aromatic rings. The van der Waals surface area contributed by atoms with Crippen LogP contribution in [0.1, 0.15) is 24.2 Å². The number of halogens is 1. The first-order valence-electron chi connectivity index (χ1n) is 5.73. The molecule has 0 aliphatic heterocycles. The Morgan fingerprint density at radius 3 is 2.53 bits per heavy atom. The quantitative estimate of drug-likeness (QED) is 0.838. The molecule has 0 saturated heterocycles. The van der Waals surface area contributed by atoms with E-state index in [0.29, 0.717) is 27.1 Å². The molecule has 0 aliphatic carbocycles. The fourth-order valence-corrected chi connectivity index (χ4v) is 2.17. The van der Waals surface area contributed by atoms with E-state index in [0.717, 1.165) is 0 Å². The maximum absolute atomic E-state index is 11.7. The number of aliphatic hydroxyl groups is 1. The van der Waals surface area contributed by atoms with E-state index >= 15 is 0 Å². The Balaban J connectivity index is 3.38. The molecule has 6 heteroatoms.